The zero-order valence-corrected chi connectivity index (χ0v) is 14.9. The summed E-state index contributed by atoms with van der Waals surface area (Å²) in [5.74, 6) is 1.63. The number of likely N-dealkylation sites (tertiary alicyclic amines) is 1. The Bertz CT molecular complexity index is 539. The maximum atomic E-state index is 12.7. The van der Waals surface area contributed by atoms with Crippen molar-refractivity contribution in [1.82, 2.24) is 4.90 Å². The molecule has 2 aliphatic heterocycles. The van der Waals surface area contributed by atoms with Gasteiger partial charge in [-0.2, -0.15) is 0 Å². The van der Waals surface area contributed by atoms with Crippen molar-refractivity contribution in [2.24, 2.45) is 11.8 Å². The summed E-state index contributed by atoms with van der Waals surface area (Å²) in [6.45, 7) is 8.09. The van der Waals surface area contributed by atoms with E-state index < -0.39 is 0 Å². The van der Waals surface area contributed by atoms with Gasteiger partial charge in [-0.05, 0) is 61.8 Å². The Kier molecular flexibility index (Phi) is 5.44. The highest BCUT2D eigenvalue weighted by molar-refractivity contribution is 5.94. The van der Waals surface area contributed by atoms with Crippen molar-refractivity contribution >= 4 is 11.6 Å². The van der Waals surface area contributed by atoms with Crippen molar-refractivity contribution in [3.63, 3.8) is 0 Å². The summed E-state index contributed by atoms with van der Waals surface area (Å²) in [6, 6.07) is 8.01. The summed E-state index contributed by atoms with van der Waals surface area (Å²) in [5.41, 5.74) is 1.94. The van der Waals surface area contributed by atoms with Gasteiger partial charge in [-0.25, -0.2) is 0 Å². The Morgan fingerprint density at radius 1 is 1.00 bits per heavy atom. The van der Waals surface area contributed by atoms with Gasteiger partial charge in [-0.15, -0.1) is 0 Å². The zero-order valence-electron chi connectivity index (χ0n) is 14.9. The third kappa shape index (κ3) is 3.92. The van der Waals surface area contributed by atoms with Gasteiger partial charge in [0.05, 0.1) is 6.10 Å². The highest BCUT2D eigenvalue weighted by Gasteiger charge is 2.25. The lowest BCUT2D eigenvalue weighted by Gasteiger charge is -2.34. The maximum Gasteiger partial charge on any atom is 0.253 e. The summed E-state index contributed by atoms with van der Waals surface area (Å²) in [5, 5.41) is 9.61. The predicted octanol–water partition coefficient (Wildman–Crippen LogP) is 3.16. The molecule has 2 heterocycles. The lowest BCUT2D eigenvalue weighted by Crippen LogP contribution is -2.39. The fraction of sp³-hybridized carbons (Fsp3) is 0.650. The molecule has 0 atom stereocenters. The molecule has 1 aromatic rings. The first-order chi connectivity index (χ1) is 11.5. The van der Waals surface area contributed by atoms with E-state index in [2.05, 4.69) is 18.7 Å². The van der Waals surface area contributed by atoms with Crippen LogP contribution >= 0.6 is 0 Å². The smallest absolute Gasteiger partial charge is 0.253 e. The molecule has 1 aromatic carbocycles. The van der Waals surface area contributed by atoms with Crippen LogP contribution in [0.5, 0.6) is 0 Å². The number of benzene rings is 1. The van der Waals surface area contributed by atoms with Gasteiger partial charge in [0, 0.05) is 37.4 Å². The molecule has 2 fully saturated rings. The molecule has 1 N–H and O–H groups in total. The van der Waals surface area contributed by atoms with Gasteiger partial charge in [-0.1, -0.05) is 13.8 Å². The molecule has 4 heteroatoms. The van der Waals surface area contributed by atoms with Crippen LogP contribution in [-0.4, -0.2) is 48.2 Å². The number of aliphatic hydroxyl groups excluding tert-OH is 1. The molecule has 1 amide bonds. The molecule has 0 bridgehead atoms. The number of hydrogen-bond acceptors (Lipinski definition) is 3. The van der Waals surface area contributed by atoms with Crippen LogP contribution in [0.1, 0.15) is 49.9 Å². The van der Waals surface area contributed by atoms with Crippen molar-refractivity contribution < 1.29 is 9.90 Å². The summed E-state index contributed by atoms with van der Waals surface area (Å²) < 4.78 is 0. The Labute approximate surface area is 145 Å². The predicted molar refractivity (Wildman–Crippen MR) is 97.4 cm³/mol. The number of rotatable bonds is 3. The van der Waals surface area contributed by atoms with E-state index >= 15 is 0 Å². The van der Waals surface area contributed by atoms with E-state index in [4.69, 9.17) is 0 Å². The van der Waals surface area contributed by atoms with Gasteiger partial charge in [0.15, 0.2) is 0 Å². The molecule has 4 nitrogen and oxygen atoms in total. The SMILES string of the molecule is CC(C)C1CCN(C(=O)c2ccc(N3CCC(O)CC3)cc2)CC1. The van der Waals surface area contributed by atoms with Gasteiger partial charge in [-0.3, -0.25) is 4.79 Å². The van der Waals surface area contributed by atoms with E-state index in [0.29, 0.717) is 5.92 Å². The van der Waals surface area contributed by atoms with Gasteiger partial charge < -0.3 is 14.9 Å². The molecular formula is C20H30N2O2. The van der Waals surface area contributed by atoms with E-state index in [-0.39, 0.29) is 12.0 Å². The molecule has 24 heavy (non-hydrogen) atoms. The Morgan fingerprint density at radius 2 is 1.58 bits per heavy atom. The van der Waals surface area contributed by atoms with E-state index in [1.54, 1.807) is 0 Å². The number of amides is 1. The van der Waals surface area contributed by atoms with Crippen LogP contribution in [0, 0.1) is 11.8 Å². The normalized spacial score (nSPS) is 20.7. The molecule has 132 valence electrons. The molecule has 0 unspecified atom stereocenters. The molecule has 0 radical (unpaired) electrons. The van der Waals surface area contributed by atoms with Gasteiger partial charge in [0.1, 0.15) is 0 Å². The molecular weight excluding hydrogens is 300 g/mol. The fourth-order valence-electron chi connectivity index (χ4n) is 3.89. The highest BCUT2D eigenvalue weighted by atomic mass is 16.3. The van der Waals surface area contributed by atoms with E-state index in [9.17, 15) is 9.90 Å². The first-order valence-electron chi connectivity index (χ1n) is 9.37. The highest BCUT2D eigenvalue weighted by Crippen LogP contribution is 2.26. The maximum absolute atomic E-state index is 12.7. The minimum Gasteiger partial charge on any atom is -0.393 e. The van der Waals surface area contributed by atoms with Crippen LogP contribution in [0.4, 0.5) is 5.69 Å². The van der Waals surface area contributed by atoms with Crippen LogP contribution in [-0.2, 0) is 0 Å². The monoisotopic (exact) mass is 330 g/mol. The number of carbonyl (C=O) groups excluding carboxylic acids is 1. The molecule has 2 aliphatic rings. The third-order valence-corrected chi connectivity index (χ3v) is 5.71. The minimum atomic E-state index is -0.157. The van der Waals surface area contributed by atoms with Crippen molar-refractivity contribution in [3.05, 3.63) is 29.8 Å². The molecule has 0 aliphatic carbocycles. The topological polar surface area (TPSA) is 43.8 Å². The first-order valence-corrected chi connectivity index (χ1v) is 9.37. The Hall–Kier alpha value is -1.55. The number of piperidine rings is 2. The summed E-state index contributed by atoms with van der Waals surface area (Å²) in [6.07, 6.45) is 3.74. The Balaban J connectivity index is 1.58. The van der Waals surface area contributed by atoms with E-state index in [1.165, 1.54) is 0 Å². The van der Waals surface area contributed by atoms with Crippen LogP contribution in [0.2, 0.25) is 0 Å². The van der Waals surface area contributed by atoms with Crippen LogP contribution in [0.3, 0.4) is 0 Å². The lowest BCUT2D eigenvalue weighted by atomic mass is 9.86. The second-order valence-electron chi connectivity index (χ2n) is 7.64. The zero-order chi connectivity index (χ0) is 17.1. The minimum absolute atomic E-state index is 0.157. The average Bonchev–Trinajstić information content (AvgIpc) is 2.62. The standard InChI is InChI=1S/C20H30N2O2/c1-15(2)16-7-11-22(12-8-16)20(24)17-3-5-18(6-4-17)21-13-9-19(23)10-14-21/h3-6,15-16,19,23H,7-14H2,1-2H3. The number of nitrogens with zero attached hydrogens (tertiary/aromatic N) is 2. The largest absolute Gasteiger partial charge is 0.393 e. The van der Waals surface area contributed by atoms with Crippen molar-refractivity contribution in [2.75, 3.05) is 31.1 Å². The molecule has 0 aromatic heterocycles. The van der Waals surface area contributed by atoms with Gasteiger partial charge in [0.2, 0.25) is 0 Å². The number of hydrogen-bond donors (Lipinski definition) is 1. The number of carbonyl (C=O) groups is 1. The van der Waals surface area contributed by atoms with Crippen molar-refractivity contribution in [3.8, 4) is 0 Å². The molecule has 0 saturated carbocycles. The molecule has 3 rings (SSSR count). The molecule has 2 saturated heterocycles. The van der Waals surface area contributed by atoms with Crippen LogP contribution < -0.4 is 4.90 Å². The molecule has 0 spiro atoms. The lowest BCUT2D eigenvalue weighted by molar-refractivity contribution is 0.0667. The van der Waals surface area contributed by atoms with Crippen molar-refractivity contribution in [1.29, 1.82) is 0 Å². The van der Waals surface area contributed by atoms with E-state index in [1.807, 2.05) is 29.2 Å². The van der Waals surface area contributed by atoms with E-state index in [0.717, 1.165) is 69.0 Å². The third-order valence-electron chi connectivity index (χ3n) is 5.71. The second kappa shape index (κ2) is 7.56. The summed E-state index contributed by atoms with van der Waals surface area (Å²) >= 11 is 0. The van der Waals surface area contributed by atoms with Gasteiger partial charge >= 0.3 is 0 Å². The second-order valence-corrected chi connectivity index (χ2v) is 7.64. The quantitative estimate of drug-likeness (QED) is 0.926. The number of aliphatic hydroxyl groups is 1. The van der Waals surface area contributed by atoms with Crippen molar-refractivity contribution in [2.45, 2.75) is 45.6 Å². The average molecular weight is 330 g/mol. The summed E-state index contributed by atoms with van der Waals surface area (Å²) in [4.78, 5) is 17.0. The number of anilines is 1. The van der Waals surface area contributed by atoms with Crippen LogP contribution in [0.25, 0.3) is 0 Å². The first kappa shape index (κ1) is 17.3. The fourth-order valence-corrected chi connectivity index (χ4v) is 3.89. The van der Waals surface area contributed by atoms with Gasteiger partial charge in [0.25, 0.3) is 5.91 Å². The Morgan fingerprint density at radius 3 is 2.12 bits per heavy atom. The summed E-state index contributed by atoms with van der Waals surface area (Å²) in [7, 11) is 0. The van der Waals surface area contributed by atoms with Crippen LogP contribution in [0.15, 0.2) is 24.3 Å².